The number of aromatic amines is 1. The maximum absolute atomic E-state index is 11.6. The van der Waals surface area contributed by atoms with Crippen LogP contribution in [0.2, 0.25) is 0 Å². The van der Waals surface area contributed by atoms with Crippen molar-refractivity contribution < 1.29 is 0 Å². The van der Waals surface area contributed by atoms with Crippen molar-refractivity contribution in [3.63, 3.8) is 0 Å². The monoisotopic (exact) mass is 274 g/mol. The van der Waals surface area contributed by atoms with Gasteiger partial charge in [0.1, 0.15) is 0 Å². The van der Waals surface area contributed by atoms with E-state index in [9.17, 15) is 4.79 Å². The second-order valence-corrected chi connectivity index (χ2v) is 5.31. The number of thioether (sulfide) groups is 1. The largest absolute Gasteiger partial charge is 0.344 e. The van der Waals surface area contributed by atoms with Gasteiger partial charge in [0.15, 0.2) is 5.16 Å². The summed E-state index contributed by atoms with van der Waals surface area (Å²) in [6, 6.07) is 9.56. The number of nitrogens with one attached hydrogen (secondary N) is 1. The minimum Gasteiger partial charge on any atom is -0.268 e. The van der Waals surface area contributed by atoms with E-state index >= 15 is 0 Å². The molecule has 6 heteroatoms. The lowest BCUT2D eigenvalue weighted by molar-refractivity contribution is 0.534. The molecule has 2 aromatic rings. The summed E-state index contributed by atoms with van der Waals surface area (Å²) in [6.45, 7) is 3.89. The zero-order valence-electron chi connectivity index (χ0n) is 10.8. The molecule has 19 heavy (non-hydrogen) atoms. The van der Waals surface area contributed by atoms with Crippen LogP contribution in [0.4, 0.5) is 0 Å². The smallest absolute Gasteiger partial charge is 0.268 e. The average molecular weight is 274 g/mol. The van der Waals surface area contributed by atoms with E-state index in [1.807, 2.05) is 26.0 Å². The third-order valence-corrected chi connectivity index (χ3v) is 3.66. The van der Waals surface area contributed by atoms with E-state index in [1.54, 1.807) is 16.7 Å². The molecule has 98 valence electrons. The van der Waals surface area contributed by atoms with Crippen LogP contribution in [0, 0.1) is 11.3 Å². The molecule has 0 atom stereocenters. The van der Waals surface area contributed by atoms with Crippen LogP contribution >= 0.6 is 11.8 Å². The van der Waals surface area contributed by atoms with E-state index in [4.69, 9.17) is 5.26 Å². The zero-order chi connectivity index (χ0) is 13.8. The lowest BCUT2D eigenvalue weighted by Crippen LogP contribution is -2.19. The Bertz CT molecular complexity index is 649. The third-order valence-electron chi connectivity index (χ3n) is 2.64. The Hall–Kier alpha value is -2.00. The highest BCUT2D eigenvalue weighted by Crippen LogP contribution is 2.21. The summed E-state index contributed by atoms with van der Waals surface area (Å²) < 4.78 is 1.63. The minimum absolute atomic E-state index is 0.0784. The Morgan fingerprint density at radius 1 is 1.42 bits per heavy atom. The molecule has 5 nitrogen and oxygen atoms in total. The first-order valence-corrected chi connectivity index (χ1v) is 6.89. The zero-order valence-corrected chi connectivity index (χ0v) is 11.6. The molecule has 0 aliphatic rings. The predicted molar refractivity (Wildman–Crippen MR) is 74.0 cm³/mol. The van der Waals surface area contributed by atoms with Crippen LogP contribution in [-0.4, -0.2) is 14.8 Å². The van der Waals surface area contributed by atoms with Gasteiger partial charge in [-0.15, -0.1) is 5.10 Å². The highest BCUT2D eigenvalue weighted by Gasteiger charge is 2.11. The quantitative estimate of drug-likeness (QED) is 0.868. The first kappa shape index (κ1) is 13.4. The summed E-state index contributed by atoms with van der Waals surface area (Å²) >= 11 is 1.50. The van der Waals surface area contributed by atoms with Crippen molar-refractivity contribution in [1.29, 1.82) is 5.26 Å². The first-order valence-electron chi connectivity index (χ1n) is 5.90. The molecule has 0 unspecified atom stereocenters. The summed E-state index contributed by atoms with van der Waals surface area (Å²) in [4.78, 5) is 11.6. The van der Waals surface area contributed by atoms with E-state index in [-0.39, 0.29) is 11.7 Å². The van der Waals surface area contributed by atoms with Crippen LogP contribution in [-0.2, 0) is 5.75 Å². The molecule has 1 aromatic carbocycles. The van der Waals surface area contributed by atoms with Crippen LogP contribution in [0.3, 0.4) is 0 Å². The minimum atomic E-state index is -0.183. The van der Waals surface area contributed by atoms with Crippen molar-refractivity contribution in [2.45, 2.75) is 30.8 Å². The summed E-state index contributed by atoms with van der Waals surface area (Å²) in [5.74, 6) is 0.711. The van der Waals surface area contributed by atoms with Gasteiger partial charge in [-0.25, -0.2) is 9.89 Å². The molecular formula is C13H14N4OS. The highest BCUT2D eigenvalue weighted by atomic mass is 32.2. The van der Waals surface area contributed by atoms with Gasteiger partial charge in [-0.1, -0.05) is 23.9 Å². The van der Waals surface area contributed by atoms with Gasteiger partial charge in [-0.05, 0) is 31.5 Å². The summed E-state index contributed by atoms with van der Waals surface area (Å²) in [7, 11) is 0. The molecule has 0 bridgehead atoms. The molecule has 0 saturated heterocycles. The maximum atomic E-state index is 11.6. The van der Waals surface area contributed by atoms with Crippen LogP contribution in [0.5, 0.6) is 0 Å². The average Bonchev–Trinajstić information content (AvgIpc) is 2.78. The molecule has 0 aliphatic heterocycles. The fraction of sp³-hybridized carbons (Fsp3) is 0.308. The van der Waals surface area contributed by atoms with Crippen molar-refractivity contribution in [3.8, 4) is 6.07 Å². The van der Waals surface area contributed by atoms with E-state index in [2.05, 4.69) is 16.3 Å². The topological polar surface area (TPSA) is 74.5 Å². The number of hydrogen-bond acceptors (Lipinski definition) is 4. The van der Waals surface area contributed by atoms with Crippen molar-refractivity contribution in [2.24, 2.45) is 0 Å². The normalized spacial score (nSPS) is 10.6. The van der Waals surface area contributed by atoms with Crippen LogP contribution < -0.4 is 5.69 Å². The standard InChI is InChI=1S/C13H14N4OS/c1-9(2)17-12(18)15-16-13(17)19-8-11-5-3-10(7-14)4-6-11/h3-6,9H,8H2,1-2H3,(H,15,18). The molecule has 0 radical (unpaired) electrons. The fourth-order valence-electron chi connectivity index (χ4n) is 1.67. The number of rotatable bonds is 4. The van der Waals surface area contributed by atoms with E-state index in [1.165, 1.54) is 11.8 Å². The van der Waals surface area contributed by atoms with Gasteiger partial charge in [-0.2, -0.15) is 5.26 Å². The number of aromatic nitrogens is 3. The van der Waals surface area contributed by atoms with Gasteiger partial charge in [0, 0.05) is 11.8 Å². The summed E-state index contributed by atoms with van der Waals surface area (Å²) in [6.07, 6.45) is 0. The van der Waals surface area contributed by atoms with Crippen molar-refractivity contribution >= 4 is 11.8 Å². The number of H-pyrrole nitrogens is 1. The van der Waals surface area contributed by atoms with E-state index < -0.39 is 0 Å². The van der Waals surface area contributed by atoms with Gasteiger partial charge in [0.05, 0.1) is 11.6 Å². The molecular weight excluding hydrogens is 260 g/mol. The van der Waals surface area contributed by atoms with Crippen molar-refractivity contribution in [3.05, 3.63) is 45.9 Å². The molecule has 1 heterocycles. The number of nitrogens with zero attached hydrogens (tertiary/aromatic N) is 3. The van der Waals surface area contributed by atoms with Crippen LogP contribution in [0.15, 0.2) is 34.2 Å². The maximum Gasteiger partial charge on any atom is 0.344 e. The van der Waals surface area contributed by atoms with Gasteiger partial charge >= 0.3 is 5.69 Å². The Balaban J connectivity index is 2.10. The second kappa shape index (κ2) is 5.76. The third kappa shape index (κ3) is 3.06. The Labute approximate surface area is 115 Å². The molecule has 2 rings (SSSR count). The molecule has 1 aromatic heterocycles. The van der Waals surface area contributed by atoms with Crippen LogP contribution in [0.25, 0.3) is 0 Å². The van der Waals surface area contributed by atoms with E-state index in [0.29, 0.717) is 16.5 Å². The molecule has 0 spiro atoms. The summed E-state index contributed by atoms with van der Waals surface area (Å²) in [5, 5.41) is 15.9. The van der Waals surface area contributed by atoms with E-state index in [0.717, 1.165) is 5.56 Å². The Kier molecular flexibility index (Phi) is 4.07. The van der Waals surface area contributed by atoms with Crippen molar-refractivity contribution in [1.82, 2.24) is 14.8 Å². The second-order valence-electron chi connectivity index (χ2n) is 4.37. The fourth-order valence-corrected chi connectivity index (χ4v) is 2.70. The number of hydrogen-bond donors (Lipinski definition) is 1. The molecule has 0 fully saturated rings. The number of nitriles is 1. The lowest BCUT2D eigenvalue weighted by Gasteiger charge is -2.08. The molecule has 0 saturated carbocycles. The number of benzene rings is 1. The SMILES string of the molecule is CC(C)n1c(SCc2ccc(C#N)cc2)n[nH]c1=O. The van der Waals surface area contributed by atoms with Gasteiger partial charge in [0.25, 0.3) is 0 Å². The molecule has 1 N–H and O–H groups in total. The van der Waals surface area contributed by atoms with Gasteiger partial charge in [-0.3, -0.25) is 4.57 Å². The lowest BCUT2D eigenvalue weighted by atomic mass is 10.2. The van der Waals surface area contributed by atoms with Gasteiger partial charge in [0.2, 0.25) is 0 Å². The summed E-state index contributed by atoms with van der Waals surface area (Å²) in [5.41, 5.74) is 1.56. The van der Waals surface area contributed by atoms with Gasteiger partial charge < -0.3 is 0 Å². The van der Waals surface area contributed by atoms with Crippen LogP contribution in [0.1, 0.15) is 31.0 Å². The predicted octanol–water partition coefficient (Wildman–Crippen LogP) is 2.32. The molecule has 0 aliphatic carbocycles. The first-order chi connectivity index (χ1) is 9.11. The van der Waals surface area contributed by atoms with Crippen molar-refractivity contribution in [2.75, 3.05) is 0 Å². The molecule has 0 amide bonds. The Morgan fingerprint density at radius 2 is 2.11 bits per heavy atom. The highest BCUT2D eigenvalue weighted by molar-refractivity contribution is 7.98. The Morgan fingerprint density at radius 3 is 2.68 bits per heavy atom.